The number of fused-ring (bicyclic) bond motifs is 13. The first kappa shape index (κ1) is 52.4. The molecule has 18 heteroatoms. The number of piperazine rings is 1. The normalized spacial score (nSPS) is 32.6. The van der Waals surface area contributed by atoms with Crippen molar-refractivity contribution in [2.45, 2.75) is 117 Å². The maximum atomic E-state index is 14.9. The standard InChI is InChI=1S/C52H72N6O12/c1-27(2)26-57-18-16-52(17-19-57)54-40-37-38-45(63)33(8)48-39(37)49(65)51(9,70-48)68-24-15-34(67-11)30(5)47(69-36(60)25-35(59)58-22-20-56(10)21-23-58)32(7)44(62)31(6)43(61)28(3)13-12-14-29(4)50(66)53-42(46(38)64)41(40)55-52/h12-15,24,27-28,30-32,34,43-44,47,55,61-63H,16-23,25-26H2,1-11H3,(H,53,66)/b13-12+,24-15+,29-14-/t28-,30+,31+,32+,34-,43-,44+,47+,51-/m0/s1. The molecule has 1 aromatic carbocycles. The third-order valence-corrected chi connectivity index (χ3v) is 15.1. The molecule has 18 nitrogen and oxygen atoms in total. The Bertz CT molecular complexity index is 2410. The molecule has 1 aromatic rings. The number of Topliss-reactive ketones (excluding diaryl/α,β-unsaturated/α-hetero) is 2. The number of aliphatic hydroxyl groups excluding tert-OH is 2. The number of aromatic hydroxyl groups is 1. The van der Waals surface area contributed by atoms with Gasteiger partial charge in [-0.1, -0.05) is 59.8 Å². The van der Waals surface area contributed by atoms with E-state index in [-0.39, 0.29) is 56.6 Å². The highest BCUT2D eigenvalue weighted by Gasteiger charge is 2.54. The summed E-state index contributed by atoms with van der Waals surface area (Å²) in [5.41, 5.74) is -0.378. The van der Waals surface area contributed by atoms with E-state index in [1.807, 2.05) is 7.05 Å². The van der Waals surface area contributed by atoms with E-state index in [0.29, 0.717) is 58.0 Å². The number of nitrogens with one attached hydrogen (secondary N) is 2. The summed E-state index contributed by atoms with van der Waals surface area (Å²) in [6, 6.07) is 0. The number of hydrogen-bond donors (Lipinski definition) is 5. The number of aliphatic imine (C=N–C) groups is 1. The van der Waals surface area contributed by atoms with Crippen LogP contribution < -0.4 is 15.4 Å². The molecule has 5 N–H and O–H groups in total. The Balaban J connectivity index is 1.29. The lowest BCUT2D eigenvalue weighted by atomic mass is 9.78. The van der Waals surface area contributed by atoms with Crippen LogP contribution in [-0.4, -0.2) is 161 Å². The Kier molecular flexibility index (Phi) is 15.5. The van der Waals surface area contributed by atoms with E-state index < -0.39 is 95.2 Å². The van der Waals surface area contributed by atoms with E-state index in [4.69, 9.17) is 23.9 Å². The number of likely N-dealkylation sites (tertiary alicyclic amines) is 1. The molecule has 8 rings (SSSR count). The molecule has 0 radical (unpaired) electrons. The second-order valence-electron chi connectivity index (χ2n) is 20.8. The molecule has 70 heavy (non-hydrogen) atoms. The second kappa shape index (κ2) is 20.7. The number of ether oxygens (including phenoxy) is 4. The molecule has 0 aromatic heterocycles. The van der Waals surface area contributed by atoms with E-state index in [2.05, 4.69) is 34.3 Å². The Morgan fingerprint density at radius 1 is 0.914 bits per heavy atom. The van der Waals surface area contributed by atoms with Crippen LogP contribution in [0.15, 0.2) is 52.5 Å². The van der Waals surface area contributed by atoms with Crippen molar-refractivity contribution in [3.8, 4) is 11.5 Å². The topological polar surface area (TPSA) is 229 Å². The van der Waals surface area contributed by atoms with E-state index in [9.17, 15) is 39.3 Å². The van der Waals surface area contributed by atoms with Crippen LogP contribution in [0.25, 0.3) is 0 Å². The first-order chi connectivity index (χ1) is 33.0. The van der Waals surface area contributed by atoms with Crippen LogP contribution in [0.5, 0.6) is 11.5 Å². The third-order valence-electron chi connectivity index (χ3n) is 15.1. The van der Waals surface area contributed by atoms with Crippen molar-refractivity contribution in [3.63, 3.8) is 0 Å². The van der Waals surface area contributed by atoms with Gasteiger partial charge < -0.3 is 59.6 Å². The summed E-state index contributed by atoms with van der Waals surface area (Å²) in [6.07, 6.45) is 3.94. The summed E-state index contributed by atoms with van der Waals surface area (Å²) in [4.78, 5) is 82.0. The Morgan fingerprint density at radius 3 is 2.23 bits per heavy atom. The van der Waals surface area contributed by atoms with Gasteiger partial charge in [0, 0.05) is 113 Å². The van der Waals surface area contributed by atoms with E-state index >= 15 is 0 Å². The number of rotatable bonds is 6. The minimum absolute atomic E-state index is 0.00591. The molecule has 5 bridgehead atoms. The summed E-state index contributed by atoms with van der Waals surface area (Å²) < 4.78 is 24.5. The van der Waals surface area contributed by atoms with Gasteiger partial charge in [0.15, 0.2) is 0 Å². The molecule has 6 heterocycles. The molecule has 1 aliphatic carbocycles. The van der Waals surface area contributed by atoms with E-state index in [1.165, 1.54) is 33.3 Å². The number of allylic oxidation sites excluding steroid dienone is 4. The van der Waals surface area contributed by atoms with Gasteiger partial charge >= 0.3 is 11.8 Å². The smallest absolute Gasteiger partial charge is 0.315 e. The predicted octanol–water partition coefficient (Wildman–Crippen LogP) is 3.76. The van der Waals surface area contributed by atoms with Gasteiger partial charge in [0.25, 0.3) is 11.7 Å². The molecule has 2 amide bonds. The highest BCUT2D eigenvalue weighted by molar-refractivity contribution is 6.34. The highest BCUT2D eigenvalue weighted by Crippen LogP contribution is 2.50. The highest BCUT2D eigenvalue weighted by atomic mass is 16.7. The van der Waals surface area contributed by atoms with Crippen molar-refractivity contribution in [2.24, 2.45) is 34.6 Å². The molecule has 6 aliphatic heterocycles. The number of carbonyl (C=O) groups excluding carboxylic acids is 5. The van der Waals surface area contributed by atoms with E-state index in [0.717, 1.165) is 6.54 Å². The van der Waals surface area contributed by atoms with Gasteiger partial charge in [-0.2, -0.15) is 0 Å². The summed E-state index contributed by atoms with van der Waals surface area (Å²) in [6.45, 7) is 20.3. The van der Waals surface area contributed by atoms with Gasteiger partial charge in [0.2, 0.25) is 11.7 Å². The maximum Gasteiger partial charge on any atom is 0.315 e. The Hall–Kier alpha value is -5.40. The van der Waals surface area contributed by atoms with Crippen molar-refractivity contribution in [2.75, 3.05) is 60.0 Å². The molecule has 2 saturated heterocycles. The van der Waals surface area contributed by atoms with Crippen molar-refractivity contribution in [1.82, 2.24) is 25.3 Å². The molecule has 0 saturated carbocycles. The molecule has 1 spiro atoms. The first-order valence-corrected chi connectivity index (χ1v) is 24.6. The van der Waals surface area contributed by atoms with Gasteiger partial charge in [0.1, 0.15) is 35.4 Å². The largest absolute Gasteiger partial charge is 0.507 e. The van der Waals surface area contributed by atoms with Gasteiger partial charge in [-0.3, -0.25) is 29.0 Å². The molecule has 9 atom stereocenters. The lowest BCUT2D eigenvalue weighted by molar-refractivity contribution is -0.165. The summed E-state index contributed by atoms with van der Waals surface area (Å²) >= 11 is 0. The van der Waals surface area contributed by atoms with Crippen LogP contribution in [0, 0.1) is 36.5 Å². The number of carbonyl (C=O) groups is 5. The van der Waals surface area contributed by atoms with Gasteiger partial charge in [-0.25, -0.2) is 0 Å². The quantitative estimate of drug-likeness (QED) is 0.202. The number of ketones is 2. The fourth-order valence-electron chi connectivity index (χ4n) is 10.6. The first-order valence-electron chi connectivity index (χ1n) is 24.6. The minimum atomic E-state index is -2.02. The van der Waals surface area contributed by atoms with Crippen LogP contribution in [-0.2, 0) is 28.6 Å². The minimum Gasteiger partial charge on any atom is -0.507 e. The molecule has 2 fully saturated rings. The number of likely N-dealkylation sites (N-methyl/N-ethyl adjacent to an activating group) is 1. The lowest BCUT2D eigenvalue weighted by Gasteiger charge is -2.38. The monoisotopic (exact) mass is 973 g/mol. The number of methoxy groups -OCH3 is 1. The number of piperidine rings is 1. The van der Waals surface area contributed by atoms with Crippen molar-refractivity contribution in [3.05, 3.63) is 69.8 Å². The number of benzene rings is 1. The summed E-state index contributed by atoms with van der Waals surface area (Å²) in [5.74, 6) is -7.98. The SMILES string of the molecule is CO[C@H]1/C=C/O[C@@]2(C)Oc3c(C)c(O)c4c(c3C2=O)C2=NC3(CCN(CC(C)C)CC3)NC2=C(NC(=O)/C(C)=C\C=C\[C@H](C)[C@H](O)[C@@H](C)[C@@H](O)[C@@H](C)[C@H](OC(=O)CC(=O)N2CCN(C)CC2)[C@@H]1C)C4=O. The maximum absolute atomic E-state index is 14.9. The molecule has 7 aliphatic rings. The second-order valence-corrected chi connectivity index (χ2v) is 20.8. The predicted molar refractivity (Wildman–Crippen MR) is 260 cm³/mol. The van der Waals surface area contributed by atoms with Gasteiger partial charge in [0.05, 0.1) is 47.1 Å². The zero-order chi connectivity index (χ0) is 51.1. The fourth-order valence-corrected chi connectivity index (χ4v) is 10.6. The van der Waals surface area contributed by atoms with Gasteiger partial charge in [-0.15, -0.1) is 0 Å². The molecule has 0 unspecified atom stereocenters. The number of aliphatic hydroxyl groups is 2. The van der Waals surface area contributed by atoms with Crippen LogP contribution in [0.4, 0.5) is 0 Å². The van der Waals surface area contributed by atoms with Crippen molar-refractivity contribution in [1.29, 1.82) is 0 Å². The summed E-state index contributed by atoms with van der Waals surface area (Å²) in [7, 11) is 3.40. The summed E-state index contributed by atoms with van der Waals surface area (Å²) in [5, 5.41) is 41.7. The van der Waals surface area contributed by atoms with Crippen LogP contribution in [0.1, 0.15) is 106 Å². The van der Waals surface area contributed by atoms with E-state index in [1.54, 1.807) is 57.7 Å². The average molecular weight is 973 g/mol. The Labute approximate surface area is 410 Å². The van der Waals surface area contributed by atoms with Crippen LogP contribution >= 0.6 is 0 Å². The number of phenols is 1. The van der Waals surface area contributed by atoms with Crippen molar-refractivity contribution < 1.29 is 58.2 Å². The molecular formula is C52H72N6O12. The van der Waals surface area contributed by atoms with Gasteiger partial charge in [-0.05, 0) is 32.9 Å². The number of amides is 2. The average Bonchev–Trinajstić information content (AvgIpc) is 3.82. The zero-order valence-electron chi connectivity index (χ0n) is 42.5. The van der Waals surface area contributed by atoms with Crippen LogP contribution in [0.2, 0.25) is 0 Å². The molecule has 382 valence electrons. The lowest BCUT2D eigenvalue weighted by Crippen LogP contribution is -2.50. The number of esters is 1. The fraction of sp³-hybridized carbons (Fsp3) is 0.615. The molecular weight excluding hydrogens is 901 g/mol. The van der Waals surface area contributed by atoms with Crippen LogP contribution in [0.3, 0.4) is 0 Å². The number of phenolic OH excluding ortho intramolecular Hbond substituents is 1. The number of hydrogen-bond acceptors (Lipinski definition) is 16. The Morgan fingerprint density at radius 2 is 1.59 bits per heavy atom. The third kappa shape index (κ3) is 10.2. The van der Waals surface area contributed by atoms with Crippen molar-refractivity contribution >= 4 is 35.1 Å². The number of nitrogens with zero attached hydrogens (tertiary/aromatic N) is 4. The zero-order valence-corrected chi connectivity index (χ0v) is 42.5.